The molecule has 2 rings (SSSR count). The summed E-state index contributed by atoms with van der Waals surface area (Å²) in [6.07, 6.45) is -4.74. The molecular formula is C22H24F3NO5. The number of esters is 2. The first-order valence-corrected chi connectivity index (χ1v) is 9.69. The van der Waals surface area contributed by atoms with Crippen molar-refractivity contribution >= 4 is 17.8 Å². The summed E-state index contributed by atoms with van der Waals surface area (Å²) in [5, 5.41) is 0. The van der Waals surface area contributed by atoms with E-state index in [0.29, 0.717) is 0 Å². The van der Waals surface area contributed by atoms with Gasteiger partial charge < -0.3 is 9.47 Å². The highest BCUT2D eigenvalue weighted by atomic mass is 19.4. The second kappa shape index (κ2) is 9.36. The van der Waals surface area contributed by atoms with Gasteiger partial charge in [0.2, 0.25) is 5.91 Å². The zero-order valence-electron chi connectivity index (χ0n) is 17.9. The van der Waals surface area contributed by atoms with E-state index in [4.69, 9.17) is 9.47 Å². The van der Waals surface area contributed by atoms with Crippen molar-refractivity contribution < 1.29 is 37.0 Å². The molecule has 0 radical (unpaired) electrons. The van der Waals surface area contributed by atoms with Gasteiger partial charge in [-0.25, -0.2) is 9.59 Å². The Balaban J connectivity index is 2.95. The van der Waals surface area contributed by atoms with Crippen molar-refractivity contribution in [1.82, 2.24) is 4.90 Å². The van der Waals surface area contributed by atoms with Gasteiger partial charge in [-0.1, -0.05) is 18.2 Å². The predicted octanol–water partition coefficient (Wildman–Crippen LogP) is 4.33. The molecule has 1 aromatic carbocycles. The van der Waals surface area contributed by atoms with Crippen LogP contribution in [-0.2, 0) is 30.0 Å². The van der Waals surface area contributed by atoms with Gasteiger partial charge in [0.1, 0.15) is 0 Å². The third-order valence-electron chi connectivity index (χ3n) is 4.91. The molecule has 1 aromatic rings. The van der Waals surface area contributed by atoms with Crippen molar-refractivity contribution in [2.75, 3.05) is 13.2 Å². The summed E-state index contributed by atoms with van der Waals surface area (Å²) < 4.78 is 51.7. The number of carbonyl (C=O) groups excluding carboxylic acids is 3. The normalized spacial score (nSPS) is 15.3. The summed E-state index contributed by atoms with van der Waals surface area (Å²) in [5.41, 5.74) is -1.55. The topological polar surface area (TPSA) is 72.9 Å². The van der Waals surface area contributed by atoms with E-state index in [-0.39, 0.29) is 41.3 Å². The molecule has 168 valence electrons. The molecule has 31 heavy (non-hydrogen) atoms. The summed E-state index contributed by atoms with van der Waals surface area (Å²) in [6, 6.07) is 4.69. The number of halogens is 3. The lowest BCUT2D eigenvalue weighted by molar-refractivity contribution is -0.142. The van der Waals surface area contributed by atoms with Gasteiger partial charge in [-0.3, -0.25) is 9.69 Å². The number of carbonyl (C=O) groups is 3. The molecule has 0 fully saturated rings. The van der Waals surface area contributed by atoms with Crippen LogP contribution >= 0.6 is 0 Å². The molecular weight excluding hydrogens is 415 g/mol. The first kappa shape index (κ1) is 24.2. The van der Waals surface area contributed by atoms with Crippen molar-refractivity contribution in [2.45, 2.75) is 46.7 Å². The molecule has 0 spiro atoms. The Hall–Kier alpha value is -3.10. The minimum absolute atomic E-state index is 0.0409. The Bertz CT molecular complexity index is 920. The molecule has 0 bridgehead atoms. The van der Waals surface area contributed by atoms with Crippen LogP contribution in [0.3, 0.4) is 0 Å². The van der Waals surface area contributed by atoms with Crippen LogP contribution in [0.4, 0.5) is 13.2 Å². The third-order valence-corrected chi connectivity index (χ3v) is 4.91. The monoisotopic (exact) mass is 439 g/mol. The number of hydrogen-bond donors (Lipinski definition) is 0. The highest BCUT2D eigenvalue weighted by molar-refractivity contribution is 6.01. The molecule has 0 unspecified atom stereocenters. The van der Waals surface area contributed by atoms with Crippen LogP contribution < -0.4 is 0 Å². The van der Waals surface area contributed by atoms with Gasteiger partial charge in [-0.2, -0.15) is 13.2 Å². The fourth-order valence-electron chi connectivity index (χ4n) is 3.79. The molecule has 0 saturated carbocycles. The van der Waals surface area contributed by atoms with E-state index in [0.717, 1.165) is 11.0 Å². The average Bonchev–Trinajstić information content (AvgIpc) is 2.66. The zero-order chi connectivity index (χ0) is 23.5. The Kier molecular flexibility index (Phi) is 7.30. The molecule has 0 atom stereocenters. The number of allylic oxidation sites excluding steroid dienone is 2. The number of nitrogens with zero attached hydrogens (tertiary/aromatic N) is 1. The van der Waals surface area contributed by atoms with Gasteiger partial charge in [0.25, 0.3) is 0 Å². The molecule has 0 aromatic heterocycles. The van der Waals surface area contributed by atoms with E-state index in [9.17, 15) is 27.6 Å². The standard InChI is InChI=1S/C22H24F3NO5/c1-6-30-20(28)17-12(3)26(14(5)27)13(4)18(21(29)31-7-2)19(17)15-10-8-9-11-16(15)22(23,24)25/h8-11,19H,6-7H2,1-5H3. The van der Waals surface area contributed by atoms with Crippen molar-refractivity contribution in [1.29, 1.82) is 0 Å². The van der Waals surface area contributed by atoms with E-state index < -0.39 is 35.5 Å². The second-order valence-corrected chi connectivity index (χ2v) is 6.81. The van der Waals surface area contributed by atoms with Crippen LogP contribution in [0.5, 0.6) is 0 Å². The summed E-state index contributed by atoms with van der Waals surface area (Å²) in [7, 11) is 0. The Labute approximate surface area is 178 Å². The molecule has 6 nitrogen and oxygen atoms in total. The number of hydrogen-bond acceptors (Lipinski definition) is 5. The van der Waals surface area contributed by atoms with Gasteiger partial charge in [0, 0.05) is 18.3 Å². The molecule has 1 heterocycles. The van der Waals surface area contributed by atoms with Gasteiger partial charge in [0.05, 0.1) is 35.8 Å². The largest absolute Gasteiger partial charge is 0.463 e. The van der Waals surface area contributed by atoms with Gasteiger partial charge in [0.15, 0.2) is 0 Å². The minimum atomic E-state index is -4.74. The van der Waals surface area contributed by atoms with Crippen molar-refractivity contribution in [3.05, 3.63) is 57.9 Å². The number of benzene rings is 1. The Morgan fingerprint density at radius 1 is 0.935 bits per heavy atom. The van der Waals surface area contributed by atoms with Gasteiger partial charge >= 0.3 is 18.1 Å². The second-order valence-electron chi connectivity index (χ2n) is 6.81. The van der Waals surface area contributed by atoms with Crippen LogP contribution in [-0.4, -0.2) is 36.0 Å². The number of amides is 1. The van der Waals surface area contributed by atoms with Crippen molar-refractivity contribution in [3.63, 3.8) is 0 Å². The molecule has 0 N–H and O–H groups in total. The van der Waals surface area contributed by atoms with E-state index in [2.05, 4.69) is 0 Å². The molecule has 1 aliphatic heterocycles. The highest BCUT2D eigenvalue weighted by Crippen LogP contribution is 2.46. The van der Waals surface area contributed by atoms with Crippen LogP contribution in [0.25, 0.3) is 0 Å². The maximum Gasteiger partial charge on any atom is 0.416 e. The maximum atomic E-state index is 13.8. The van der Waals surface area contributed by atoms with Gasteiger partial charge in [-0.15, -0.1) is 0 Å². The number of rotatable bonds is 5. The van der Waals surface area contributed by atoms with Crippen molar-refractivity contribution in [2.24, 2.45) is 0 Å². The molecule has 1 aliphatic rings. The van der Waals surface area contributed by atoms with Crippen LogP contribution in [0.15, 0.2) is 46.8 Å². The summed E-state index contributed by atoms with van der Waals surface area (Å²) in [5.74, 6) is -3.77. The Morgan fingerprint density at radius 3 is 1.77 bits per heavy atom. The zero-order valence-corrected chi connectivity index (χ0v) is 17.9. The van der Waals surface area contributed by atoms with E-state index in [1.54, 1.807) is 13.8 Å². The van der Waals surface area contributed by atoms with E-state index in [1.807, 2.05) is 0 Å². The van der Waals surface area contributed by atoms with Crippen molar-refractivity contribution in [3.8, 4) is 0 Å². The molecule has 1 amide bonds. The fraction of sp³-hybridized carbons (Fsp3) is 0.409. The lowest BCUT2D eigenvalue weighted by Gasteiger charge is -2.36. The molecule has 0 aliphatic carbocycles. The van der Waals surface area contributed by atoms with Gasteiger partial charge in [-0.05, 0) is 39.3 Å². The SMILES string of the molecule is CCOC(=O)C1=C(C)N(C(C)=O)C(C)=C(C(=O)OCC)C1c1ccccc1C(F)(F)F. The molecule has 0 saturated heterocycles. The maximum absolute atomic E-state index is 13.8. The van der Waals surface area contributed by atoms with E-state index in [1.165, 1.54) is 39.0 Å². The van der Waals surface area contributed by atoms with Crippen LogP contribution in [0.1, 0.15) is 51.7 Å². The lowest BCUT2D eigenvalue weighted by Crippen LogP contribution is -2.38. The number of ether oxygens (including phenoxy) is 2. The van der Waals surface area contributed by atoms with E-state index >= 15 is 0 Å². The highest BCUT2D eigenvalue weighted by Gasteiger charge is 2.45. The first-order chi connectivity index (χ1) is 14.5. The summed E-state index contributed by atoms with van der Waals surface area (Å²) in [6.45, 7) is 7.10. The Morgan fingerprint density at radius 2 is 1.39 bits per heavy atom. The lowest BCUT2D eigenvalue weighted by atomic mass is 9.78. The van der Waals surface area contributed by atoms with Crippen LogP contribution in [0.2, 0.25) is 0 Å². The third kappa shape index (κ3) is 4.65. The fourth-order valence-corrected chi connectivity index (χ4v) is 3.79. The van der Waals surface area contributed by atoms with Crippen LogP contribution in [0, 0.1) is 0 Å². The minimum Gasteiger partial charge on any atom is -0.463 e. The summed E-state index contributed by atoms with van der Waals surface area (Å²) in [4.78, 5) is 39.2. The predicted molar refractivity (Wildman–Crippen MR) is 105 cm³/mol. The smallest absolute Gasteiger partial charge is 0.416 e. The molecule has 9 heteroatoms. The summed E-state index contributed by atoms with van der Waals surface area (Å²) >= 11 is 0. The first-order valence-electron chi connectivity index (χ1n) is 9.69. The number of alkyl halides is 3. The average molecular weight is 439 g/mol. The quantitative estimate of drug-likeness (QED) is 0.639.